The van der Waals surface area contributed by atoms with Gasteiger partial charge in [-0.1, -0.05) is 36.4 Å². The van der Waals surface area contributed by atoms with Gasteiger partial charge in [-0.25, -0.2) is 0 Å². The van der Waals surface area contributed by atoms with Crippen LogP contribution in [0.25, 0.3) is 0 Å². The maximum absolute atomic E-state index is 12.7. The highest BCUT2D eigenvalue weighted by molar-refractivity contribution is 8.00. The lowest BCUT2D eigenvalue weighted by molar-refractivity contribution is 0.102. The van der Waals surface area contributed by atoms with Crippen molar-refractivity contribution >= 4 is 29.2 Å². The molecule has 0 aromatic heterocycles. The Morgan fingerprint density at radius 1 is 1.07 bits per heavy atom. The molecule has 5 heteroatoms. The SMILES string of the molecule is CC(O)c1cccc(NC(=O)c2cccc(SN3CCc4ccccc43)c2)c1. The van der Waals surface area contributed by atoms with E-state index in [0.717, 1.165) is 23.4 Å². The van der Waals surface area contributed by atoms with E-state index in [1.165, 1.54) is 11.3 Å². The predicted molar refractivity (Wildman–Crippen MR) is 115 cm³/mol. The first-order valence-corrected chi connectivity index (χ1v) is 10.1. The molecule has 1 heterocycles. The Kier molecular flexibility index (Phi) is 5.37. The quantitative estimate of drug-likeness (QED) is 0.598. The van der Waals surface area contributed by atoms with Crippen LogP contribution >= 0.6 is 11.9 Å². The third kappa shape index (κ3) is 4.06. The van der Waals surface area contributed by atoms with Crippen LogP contribution in [0.15, 0.2) is 77.7 Å². The van der Waals surface area contributed by atoms with Crippen molar-refractivity contribution in [2.75, 3.05) is 16.2 Å². The number of amides is 1. The van der Waals surface area contributed by atoms with Crippen LogP contribution in [0.4, 0.5) is 11.4 Å². The minimum Gasteiger partial charge on any atom is -0.389 e. The number of nitrogens with zero attached hydrogens (tertiary/aromatic N) is 1. The Morgan fingerprint density at radius 3 is 2.75 bits per heavy atom. The Bertz CT molecular complexity index is 1000. The molecule has 4 nitrogen and oxygen atoms in total. The second-order valence-electron chi connectivity index (χ2n) is 6.86. The van der Waals surface area contributed by atoms with Crippen molar-refractivity contribution < 1.29 is 9.90 Å². The molecule has 0 aliphatic carbocycles. The fraction of sp³-hybridized carbons (Fsp3) is 0.174. The summed E-state index contributed by atoms with van der Waals surface area (Å²) in [5.74, 6) is -0.160. The van der Waals surface area contributed by atoms with Crippen molar-refractivity contribution in [2.24, 2.45) is 0 Å². The zero-order chi connectivity index (χ0) is 19.5. The summed E-state index contributed by atoms with van der Waals surface area (Å²) in [6.07, 6.45) is 0.475. The second kappa shape index (κ2) is 8.09. The van der Waals surface area contributed by atoms with E-state index in [1.807, 2.05) is 42.5 Å². The summed E-state index contributed by atoms with van der Waals surface area (Å²) >= 11 is 1.66. The van der Waals surface area contributed by atoms with Gasteiger partial charge in [0.15, 0.2) is 0 Å². The van der Waals surface area contributed by atoms with Gasteiger partial charge in [-0.05, 0) is 72.8 Å². The molecule has 1 aliphatic rings. The molecule has 2 N–H and O–H groups in total. The highest BCUT2D eigenvalue weighted by atomic mass is 32.2. The Morgan fingerprint density at radius 2 is 1.89 bits per heavy atom. The van der Waals surface area contributed by atoms with Crippen LogP contribution in [-0.4, -0.2) is 17.6 Å². The van der Waals surface area contributed by atoms with Crippen molar-refractivity contribution in [2.45, 2.75) is 24.3 Å². The van der Waals surface area contributed by atoms with Gasteiger partial charge in [-0.15, -0.1) is 0 Å². The molecular weight excluding hydrogens is 368 g/mol. The van der Waals surface area contributed by atoms with Gasteiger partial charge in [0.25, 0.3) is 5.91 Å². The molecule has 0 bridgehead atoms. The van der Waals surface area contributed by atoms with Gasteiger partial charge in [0.1, 0.15) is 0 Å². The molecule has 1 amide bonds. The number of carbonyl (C=O) groups is 1. The zero-order valence-electron chi connectivity index (χ0n) is 15.6. The topological polar surface area (TPSA) is 52.6 Å². The predicted octanol–water partition coefficient (Wildman–Crippen LogP) is 5.06. The van der Waals surface area contributed by atoms with Crippen LogP contribution in [0.1, 0.15) is 34.5 Å². The van der Waals surface area contributed by atoms with Gasteiger partial charge in [0.2, 0.25) is 0 Å². The lowest BCUT2D eigenvalue weighted by Gasteiger charge is -2.18. The molecule has 0 fully saturated rings. The number of aliphatic hydroxyl groups excluding tert-OH is 1. The average molecular weight is 391 g/mol. The number of anilines is 2. The van der Waals surface area contributed by atoms with Gasteiger partial charge >= 0.3 is 0 Å². The first kappa shape index (κ1) is 18.6. The third-order valence-corrected chi connectivity index (χ3v) is 5.85. The van der Waals surface area contributed by atoms with E-state index in [1.54, 1.807) is 24.9 Å². The normalized spacial score (nSPS) is 13.9. The van der Waals surface area contributed by atoms with Crippen LogP contribution in [0.2, 0.25) is 0 Å². The molecule has 3 aromatic carbocycles. The van der Waals surface area contributed by atoms with E-state index in [9.17, 15) is 9.90 Å². The maximum Gasteiger partial charge on any atom is 0.255 e. The van der Waals surface area contributed by atoms with E-state index in [0.29, 0.717) is 11.3 Å². The first-order valence-electron chi connectivity index (χ1n) is 9.33. The van der Waals surface area contributed by atoms with E-state index < -0.39 is 6.10 Å². The number of nitrogens with one attached hydrogen (secondary N) is 1. The summed E-state index contributed by atoms with van der Waals surface area (Å²) in [6, 6.07) is 23.4. The number of fused-ring (bicyclic) bond motifs is 1. The summed E-state index contributed by atoms with van der Waals surface area (Å²) in [7, 11) is 0. The monoisotopic (exact) mass is 390 g/mol. The summed E-state index contributed by atoms with van der Waals surface area (Å²) in [4.78, 5) is 13.7. The van der Waals surface area contributed by atoms with Gasteiger partial charge in [0, 0.05) is 22.7 Å². The van der Waals surface area contributed by atoms with Crippen LogP contribution in [0, 0.1) is 0 Å². The molecule has 0 saturated carbocycles. The summed E-state index contributed by atoms with van der Waals surface area (Å²) < 4.78 is 2.28. The summed E-state index contributed by atoms with van der Waals surface area (Å²) in [5, 5.41) is 12.6. The van der Waals surface area contributed by atoms with Crippen molar-refractivity contribution in [3.63, 3.8) is 0 Å². The van der Waals surface area contributed by atoms with Crippen molar-refractivity contribution in [1.29, 1.82) is 0 Å². The van der Waals surface area contributed by atoms with Crippen LogP contribution in [0.5, 0.6) is 0 Å². The molecule has 4 rings (SSSR count). The van der Waals surface area contributed by atoms with Gasteiger partial charge in [-0.3, -0.25) is 4.79 Å². The number of benzene rings is 3. The second-order valence-corrected chi connectivity index (χ2v) is 7.95. The standard InChI is InChI=1S/C23H22N2O2S/c1-16(26)18-7-4-9-20(14-18)24-23(27)19-8-5-10-21(15-19)28-25-13-12-17-6-2-3-11-22(17)25/h2-11,14-16,26H,12-13H2,1H3,(H,24,27). The lowest BCUT2D eigenvalue weighted by atomic mass is 10.1. The molecule has 1 atom stereocenters. The van der Waals surface area contributed by atoms with Gasteiger partial charge in [-0.2, -0.15) is 0 Å². The third-order valence-electron chi connectivity index (χ3n) is 4.78. The summed E-state index contributed by atoms with van der Waals surface area (Å²) in [6.45, 7) is 2.67. The van der Waals surface area contributed by atoms with Crippen LogP contribution < -0.4 is 9.62 Å². The lowest BCUT2D eigenvalue weighted by Crippen LogP contribution is -2.13. The first-order chi connectivity index (χ1) is 13.6. The largest absolute Gasteiger partial charge is 0.389 e. The number of para-hydroxylation sites is 1. The van der Waals surface area contributed by atoms with E-state index in [4.69, 9.17) is 0 Å². The highest BCUT2D eigenvalue weighted by Gasteiger charge is 2.19. The highest BCUT2D eigenvalue weighted by Crippen LogP contribution is 2.36. The van der Waals surface area contributed by atoms with Crippen molar-refractivity contribution in [3.8, 4) is 0 Å². The smallest absolute Gasteiger partial charge is 0.255 e. The molecule has 3 aromatic rings. The van der Waals surface area contributed by atoms with E-state index >= 15 is 0 Å². The Balaban J connectivity index is 1.48. The minimum atomic E-state index is -0.570. The molecule has 1 aliphatic heterocycles. The molecule has 142 valence electrons. The fourth-order valence-corrected chi connectivity index (χ4v) is 4.34. The fourth-order valence-electron chi connectivity index (χ4n) is 3.30. The number of hydrogen-bond donors (Lipinski definition) is 2. The van der Waals surface area contributed by atoms with Crippen molar-refractivity contribution in [3.05, 3.63) is 89.5 Å². The van der Waals surface area contributed by atoms with Gasteiger partial charge in [0.05, 0.1) is 11.8 Å². The summed E-state index contributed by atoms with van der Waals surface area (Å²) in [5.41, 5.74) is 4.67. The minimum absolute atomic E-state index is 0.160. The Hall–Kier alpha value is -2.76. The van der Waals surface area contributed by atoms with Crippen molar-refractivity contribution in [1.82, 2.24) is 0 Å². The molecule has 0 saturated heterocycles. The average Bonchev–Trinajstić information content (AvgIpc) is 3.11. The van der Waals surface area contributed by atoms with E-state index in [-0.39, 0.29) is 5.91 Å². The van der Waals surface area contributed by atoms with E-state index in [2.05, 4.69) is 33.9 Å². The molecule has 28 heavy (non-hydrogen) atoms. The van der Waals surface area contributed by atoms with Crippen LogP contribution in [-0.2, 0) is 6.42 Å². The van der Waals surface area contributed by atoms with Crippen LogP contribution in [0.3, 0.4) is 0 Å². The number of aliphatic hydroxyl groups is 1. The number of hydrogen-bond acceptors (Lipinski definition) is 4. The maximum atomic E-state index is 12.7. The molecule has 0 spiro atoms. The molecular formula is C23H22N2O2S. The molecule has 1 unspecified atom stereocenters. The number of carbonyl (C=O) groups excluding carboxylic acids is 1. The van der Waals surface area contributed by atoms with Gasteiger partial charge < -0.3 is 14.7 Å². The Labute approximate surface area is 169 Å². The zero-order valence-corrected chi connectivity index (χ0v) is 16.4. The number of rotatable bonds is 5. The molecule has 0 radical (unpaired) electrons.